The normalized spacial score (nSPS) is 10.7. The van der Waals surface area contributed by atoms with Crippen molar-refractivity contribution in [2.45, 2.75) is 116 Å². The van der Waals surface area contributed by atoms with Crippen LogP contribution in [-0.2, 0) is 0 Å². The van der Waals surface area contributed by atoms with Crippen molar-refractivity contribution >= 4 is 0 Å². The molecule has 0 heterocycles. The summed E-state index contributed by atoms with van der Waals surface area (Å²) in [5.74, 6) is 0. The molecule has 0 N–H and O–H groups in total. The molecule has 129 valence electrons. The standard InChI is InChI=1S/C22H41/c1-3-5-7-9-11-13-15-17-19-21-22-20-18-16-14-12-10-8-6-4-2/h1,3-4H,2,5-22H2. The van der Waals surface area contributed by atoms with Crippen LogP contribution in [0.25, 0.3) is 0 Å². The molecule has 0 aromatic rings. The minimum Gasteiger partial charge on any atom is -0.103 e. The number of rotatable bonds is 19. The van der Waals surface area contributed by atoms with Crippen LogP contribution in [0.5, 0.6) is 0 Å². The van der Waals surface area contributed by atoms with E-state index in [1.54, 1.807) is 6.08 Å². The summed E-state index contributed by atoms with van der Waals surface area (Å²) in [6, 6.07) is 0. The second-order valence-electron chi connectivity index (χ2n) is 6.76. The summed E-state index contributed by atoms with van der Waals surface area (Å²) in [6.45, 7) is 9.14. The van der Waals surface area contributed by atoms with E-state index in [0.29, 0.717) is 0 Å². The Labute approximate surface area is 141 Å². The van der Waals surface area contributed by atoms with Crippen LogP contribution in [0.15, 0.2) is 18.7 Å². The molecule has 0 aliphatic rings. The van der Waals surface area contributed by atoms with Crippen molar-refractivity contribution in [3.8, 4) is 0 Å². The summed E-state index contributed by atoms with van der Waals surface area (Å²) >= 11 is 0. The van der Waals surface area contributed by atoms with Crippen LogP contribution in [0.3, 0.4) is 0 Å². The molecule has 0 saturated carbocycles. The Morgan fingerprint density at radius 1 is 0.455 bits per heavy atom. The first kappa shape index (κ1) is 21.5. The zero-order valence-corrected chi connectivity index (χ0v) is 15.2. The van der Waals surface area contributed by atoms with E-state index in [1.165, 1.54) is 109 Å². The average molecular weight is 306 g/mol. The SMILES string of the molecule is [CH]=CCCCCCCCCCCCCCCCCCCC=C. The van der Waals surface area contributed by atoms with Gasteiger partial charge in [0.05, 0.1) is 0 Å². The summed E-state index contributed by atoms with van der Waals surface area (Å²) in [5.41, 5.74) is 0. The molecule has 0 bridgehead atoms. The van der Waals surface area contributed by atoms with Crippen LogP contribution in [0.4, 0.5) is 0 Å². The van der Waals surface area contributed by atoms with Crippen LogP contribution in [0.2, 0.25) is 0 Å². The fourth-order valence-corrected chi connectivity index (χ4v) is 3.03. The maximum absolute atomic E-state index is 5.37. The molecule has 1 radical (unpaired) electrons. The van der Waals surface area contributed by atoms with E-state index >= 15 is 0 Å². The number of hydrogen-bond acceptors (Lipinski definition) is 0. The zero-order chi connectivity index (χ0) is 16.1. The Bertz CT molecular complexity index is 192. The molecule has 0 saturated heterocycles. The molecular weight excluding hydrogens is 264 g/mol. The van der Waals surface area contributed by atoms with Crippen LogP contribution < -0.4 is 0 Å². The third-order valence-corrected chi connectivity index (χ3v) is 4.53. The molecule has 0 atom stereocenters. The highest BCUT2D eigenvalue weighted by atomic mass is 14.0. The summed E-state index contributed by atoms with van der Waals surface area (Å²) < 4.78 is 0. The minimum atomic E-state index is 1.09. The maximum atomic E-state index is 5.37. The van der Waals surface area contributed by atoms with Gasteiger partial charge in [0.15, 0.2) is 0 Å². The first-order valence-electron chi connectivity index (χ1n) is 10.1. The van der Waals surface area contributed by atoms with E-state index in [0.717, 1.165) is 6.42 Å². The Morgan fingerprint density at radius 3 is 1.00 bits per heavy atom. The summed E-state index contributed by atoms with van der Waals surface area (Å²) in [7, 11) is 0. The van der Waals surface area contributed by atoms with Gasteiger partial charge in [0.25, 0.3) is 0 Å². The Morgan fingerprint density at radius 2 is 0.727 bits per heavy atom. The van der Waals surface area contributed by atoms with Gasteiger partial charge in [0, 0.05) is 0 Å². The van der Waals surface area contributed by atoms with Gasteiger partial charge in [-0.05, 0) is 25.7 Å². The van der Waals surface area contributed by atoms with Gasteiger partial charge in [-0.2, -0.15) is 0 Å². The highest BCUT2D eigenvalue weighted by Crippen LogP contribution is 2.14. The summed E-state index contributed by atoms with van der Waals surface area (Å²) in [5, 5.41) is 0. The van der Waals surface area contributed by atoms with Gasteiger partial charge in [-0.15, -0.1) is 6.58 Å². The second kappa shape index (κ2) is 20.5. The minimum absolute atomic E-state index is 1.09. The van der Waals surface area contributed by atoms with E-state index in [9.17, 15) is 0 Å². The van der Waals surface area contributed by atoms with Crippen molar-refractivity contribution in [1.82, 2.24) is 0 Å². The Kier molecular flexibility index (Phi) is 20.0. The quantitative estimate of drug-likeness (QED) is 0.167. The van der Waals surface area contributed by atoms with Crippen LogP contribution in [0, 0.1) is 6.58 Å². The fraction of sp³-hybridized carbons (Fsp3) is 0.818. The third kappa shape index (κ3) is 19.5. The van der Waals surface area contributed by atoms with Gasteiger partial charge in [0.1, 0.15) is 0 Å². The molecule has 0 heteroatoms. The predicted octanol–water partition coefficient (Wildman–Crippen LogP) is 8.18. The lowest BCUT2D eigenvalue weighted by molar-refractivity contribution is 0.528. The predicted molar refractivity (Wildman–Crippen MR) is 102 cm³/mol. The molecule has 0 aliphatic carbocycles. The highest BCUT2D eigenvalue weighted by molar-refractivity contribution is 4.65. The van der Waals surface area contributed by atoms with E-state index in [-0.39, 0.29) is 0 Å². The highest BCUT2D eigenvalue weighted by Gasteiger charge is 1.94. The molecular formula is C22H41. The molecule has 0 aromatic heterocycles. The van der Waals surface area contributed by atoms with E-state index < -0.39 is 0 Å². The maximum Gasteiger partial charge on any atom is -0.0348 e. The molecule has 0 rings (SSSR count). The fourth-order valence-electron chi connectivity index (χ4n) is 3.03. The van der Waals surface area contributed by atoms with E-state index in [1.807, 2.05) is 6.08 Å². The van der Waals surface area contributed by atoms with Crippen LogP contribution >= 0.6 is 0 Å². The van der Waals surface area contributed by atoms with Crippen molar-refractivity contribution in [1.29, 1.82) is 0 Å². The summed E-state index contributed by atoms with van der Waals surface area (Å²) in [4.78, 5) is 0. The van der Waals surface area contributed by atoms with Gasteiger partial charge in [0.2, 0.25) is 0 Å². The molecule has 0 nitrogen and oxygen atoms in total. The lowest BCUT2D eigenvalue weighted by Crippen LogP contribution is -1.83. The molecule has 0 aliphatic heterocycles. The van der Waals surface area contributed by atoms with Crippen molar-refractivity contribution in [3.05, 3.63) is 25.3 Å². The molecule has 0 amide bonds. The molecule has 0 aromatic carbocycles. The largest absolute Gasteiger partial charge is 0.103 e. The van der Waals surface area contributed by atoms with Gasteiger partial charge in [-0.25, -0.2) is 0 Å². The monoisotopic (exact) mass is 305 g/mol. The number of unbranched alkanes of at least 4 members (excludes halogenated alkanes) is 17. The van der Waals surface area contributed by atoms with Crippen LogP contribution in [0.1, 0.15) is 116 Å². The van der Waals surface area contributed by atoms with Crippen molar-refractivity contribution in [2.24, 2.45) is 0 Å². The van der Waals surface area contributed by atoms with Gasteiger partial charge in [-0.3, -0.25) is 0 Å². The van der Waals surface area contributed by atoms with E-state index in [2.05, 4.69) is 6.58 Å². The first-order valence-corrected chi connectivity index (χ1v) is 10.1. The summed E-state index contributed by atoms with van der Waals surface area (Å²) in [6.07, 6.45) is 28.9. The number of hydrogen-bond donors (Lipinski definition) is 0. The lowest BCUT2D eigenvalue weighted by atomic mass is 10.0. The molecule has 0 spiro atoms. The third-order valence-electron chi connectivity index (χ3n) is 4.53. The smallest absolute Gasteiger partial charge is 0.0348 e. The Balaban J connectivity index is 2.94. The average Bonchev–Trinajstić information content (AvgIpc) is 2.54. The second-order valence-corrected chi connectivity index (χ2v) is 6.76. The van der Waals surface area contributed by atoms with Gasteiger partial charge in [-0.1, -0.05) is 109 Å². The Hall–Kier alpha value is -0.520. The van der Waals surface area contributed by atoms with Crippen LogP contribution in [-0.4, -0.2) is 0 Å². The van der Waals surface area contributed by atoms with Crippen molar-refractivity contribution in [3.63, 3.8) is 0 Å². The molecule has 0 unspecified atom stereocenters. The molecule has 0 fully saturated rings. The number of allylic oxidation sites excluding steroid dienone is 2. The van der Waals surface area contributed by atoms with Gasteiger partial charge >= 0.3 is 0 Å². The lowest BCUT2D eigenvalue weighted by Gasteiger charge is -2.03. The van der Waals surface area contributed by atoms with E-state index in [4.69, 9.17) is 6.58 Å². The first-order chi connectivity index (χ1) is 10.9. The topological polar surface area (TPSA) is 0 Å². The van der Waals surface area contributed by atoms with Crippen molar-refractivity contribution < 1.29 is 0 Å². The molecule has 22 heavy (non-hydrogen) atoms. The van der Waals surface area contributed by atoms with Gasteiger partial charge < -0.3 is 0 Å². The van der Waals surface area contributed by atoms with Crippen molar-refractivity contribution in [2.75, 3.05) is 0 Å². The zero-order valence-electron chi connectivity index (χ0n) is 15.2.